The fraction of sp³-hybridized carbons (Fsp3) is 0.353. The number of carbonyl (C=O) groups excluding carboxylic acids is 1. The topological polar surface area (TPSA) is 84.5 Å². The van der Waals surface area contributed by atoms with Crippen LogP contribution >= 0.6 is 11.3 Å². The minimum Gasteiger partial charge on any atom is -0.435 e. The summed E-state index contributed by atoms with van der Waals surface area (Å²) in [5, 5.41) is 4.30. The second kappa shape index (κ2) is 9.25. The predicted octanol–water partition coefficient (Wildman–Crippen LogP) is 2.97. The zero-order valence-electron chi connectivity index (χ0n) is 14.7. The van der Waals surface area contributed by atoms with E-state index in [0.29, 0.717) is 5.56 Å². The van der Waals surface area contributed by atoms with E-state index < -0.39 is 28.6 Å². The molecule has 0 bridgehead atoms. The van der Waals surface area contributed by atoms with Gasteiger partial charge in [-0.3, -0.25) is 4.79 Å². The van der Waals surface area contributed by atoms with Gasteiger partial charge < -0.3 is 10.1 Å². The molecule has 1 atom stereocenters. The molecule has 2 N–H and O–H groups in total. The van der Waals surface area contributed by atoms with Crippen LogP contribution in [0.2, 0.25) is 0 Å². The molecular formula is C17H20F2N2O4S2. The number of nitrogens with one attached hydrogen (secondary N) is 2. The van der Waals surface area contributed by atoms with Gasteiger partial charge in [-0.2, -0.15) is 13.5 Å². The molecule has 0 spiro atoms. The predicted molar refractivity (Wildman–Crippen MR) is 98.2 cm³/mol. The fourth-order valence-electron chi connectivity index (χ4n) is 2.22. The SMILES string of the molecule is CC(C)C(NS(=O)(=O)c1cccs1)C(=O)NCc1ccc(OC(F)F)cc1. The van der Waals surface area contributed by atoms with Crippen molar-refractivity contribution in [3.8, 4) is 5.75 Å². The van der Waals surface area contributed by atoms with Crippen molar-refractivity contribution in [2.24, 2.45) is 5.92 Å². The van der Waals surface area contributed by atoms with Crippen LogP contribution in [0.25, 0.3) is 0 Å². The normalized spacial score (nSPS) is 13.0. The van der Waals surface area contributed by atoms with Crippen LogP contribution in [-0.2, 0) is 21.4 Å². The molecule has 27 heavy (non-hydrogen) atoms. The molecule has 0 aliphatic rings. The second-order valence-electron chi connectivity index (χ2n) is 6.02. The monoisotopic (exact) mass is 418 g/mol. The molecule has 1 amide bonds. The van der Waals surface area contributed by atoms with Crippen molar-refractivity contribution in [3.05, 3.63) is 47.3 Å². The van der Waals surface area contributed by atoms with Gasteiger partial charge in [0.2, 0.25) is 5.91 Å². The average molecular weight is 418 g/mol. The summed E-state index contributed by atoms with van der Waals surface area (Å²) in [7, 11) is -3.79. The molecule has 6 nitrogen and oxygen atoms in total. The summed E-state index contributed by atoms with van der Waals surface area (Å²) >= 11 is 1.06. The number of alkyl halides is 2. The Morgan fingerprint density at radius 3 is 2.37 bits per heavy atom. The van der Waals surface area contributed by atoms with Crippen LogP contribution < -0.4 is 14.8 Å². The van der Waals surface area contributed by atoms with E-state index in [1.165, 1.54) is 30.3 Å². The van der Waals surface area contributed by atoms with Gasteiger partial charge >= 0.3 is 6.61 Å². The Hall–Kier alpha value is -2.04. The van der Waals surface area contributed by atoms with E-state index in [0.717, 1.165) is 11.3 Å². The number of sulfonamides is 1. The number of ether oxygens (including phenoxy) is 1. The van der Waals surface area contributed by atoms with Gasteiger partial charge in [0.15, 0.2) is 0 Å². The summed E-state index contributed by atoms with van der Waals surface area (Å²) in [5.74, 6) is -0.733. The van der Waals surface area contributed by atoms with Crippen LogP contribution in [0, 0.1) is 5.92 Å². The second-order valence-corrected chi connectivity index (χ2v) is 8.90. The quantitative estimate of drug-likeness (QED) is 0.656. The van der Waals surface area contributed by atoms with Crippen LogP contribution in [0.15, 0.2) is 46.0 Å². The number of thiophene rings is 1. The van der Waals surface area contributed by atoms with Crippen LogP contribution in [0.4, 0.5) is 8.78 Å². The highest BCUT2D eigenvalue weighted by atomic mass is 32.2. The fourth-order valence-corrected chi connectivity index (χ4v) is 4.58. The molecule has 0 radical (unpaired) electrons. The first kappa shape index (κ1) is 21.3. The van der Waals surface area contributed by atoms with E-state index in [9.17, 15) is 22.0 Å². The van der Waals surface area contributed by atoms with E-state index in [1.807, 2.05) is 0 Å². The minimum atomic E-state index is -3.79. The minimum absolute atomic E-state index is 0.0174. The van der Waals surface area contributed by atoms with Gasteiger partial charge in [-0.25, -0.2) is 8.42 Å². The molecule has 0 aliphatic carbocycles. The standard InChI is InChI=1S/C17H20F2N2O4S2/c1-11(2)15(21-27(23,24)14-4-3-9-26-14)16(22)20-10-12-5-7-13(8-6-12)25-17(18)19/h3-9,11,15,17,21H,10H2,1-2H3,(H,20,22). The number of halogens is 2. The Labute approximate surface area is 160 Å². The maximum Gasteiger partial charge on any atom is 0.387 e. The van der Waals surface area contributed by atoms with E-state index >= 15 is 0 Å². The molecule has 1 aromatic carbocycles. The summed E-state index contributed by atoms with van der Waals surface area (Å²) in [6.07, 6.45) is 0. The van der Waals surface area contributed by atoms with Crippen LogP contribution in [0.5, 0.6) is 5.75 Å². The van der Waals surface area contributed by atoms with Gasteiger partial charge in [-0.1, -0.05) is 32.0 Å². The molecule has 148 valence electrons. The molecule has 2 aromatic rings. The molecule has 10 heteroatoms. The van der Waals surface area contributed by atoms with Crippen molar-refractivity contribution < 1.29 is 26.7 Å². The van der Waals surface area contributed by atoms with Gasteiger partial charge in [0, 0.05) is 6.54 Å². The van der Waals surface area contributed by atoms with Gasteiger partial charge in [0.05, 0.1) is 0 Å². The summed E-state index contributed by atoms with van der Waals surface area (Å²) < 4.78 is 55.8. The highest BCUT2D eigenvalue weighted by molar-refractivity contribution is 7.91. The van der Waals surface area contributed by atoms with E-state index in [-0.39, 0.29) is 22.4 Å². The Bertz CT molecular complexity index is 838. The Kier molecular flexibility index (Phi) is 7.28. The zero-order valence-corrected chi connectivity index (χ0v) is 16.3. The number of hydrogen-bond donors (Lipinski definition) is 2. The van der Waals surface area contributed by atoms with Gasteiger partial charge in [-0.05, 0) is 35.1 Å². The molecule has 0 fully saturated rings. The maximum absolute atomic E-state index is 12.5. The molecule has 0 aliphatic heterocycles. The molecule has 1 unspecified atom stereocenters. The van der Waals surface area contributed by atoms with Gasteiger partial charge in [-0.15, -0.1) is 11.3 Å². The van der Waals surface area contributed by atoms with Gasteiger partial charge in [0.25, 0.3) is 10.0 Å². The van der Waals surface area contributed by atoms with Gasteiger partial charge in [0.1, 0.15) is 16.0 Å². The third-order valence-corrected chi connectivity index (χ3v) is 6.45. The van der Waals surface area contributed by atoms with Crippen molar-refractivity contribution >= 4 is 27.3 Å². The first-order valence-corrected chi connectivity index (χ1v) is 10.4. The third kappa shape index (κ3) is 6.26. The Morgan fingerprint density at radius 2 is 1.85 bits per heavy atom. The number of rotatable bonds is 9. The maximum atomic E-state index is 12.5. The van der Waals surface area contributed by atoms with Crippen molar-refractivity contribution in [2.45, 2.75) is 37.3 Å². The molecular weight excluding hydrogens is 398 g/mol. The first-order chi connectivity index (χ1) is 12.7. The largest absolute Gasteiger partial charge is 0.435 e. The lowest BCUT2D eigenvalue weighted by Gasteiger charge is -2.21. The molecule has 1 heterocycles. The van der Waals surface area contributed by atoms with Crippen molar-refractivity contribution in [1.82, 2.24) is 10.0 Å². The first-order valence-electron chi connectivity index (χ1n) is 8.06. The lowest BCUT2D eigenvalue weighted by molar-refractivity contribution is -0.123. The average Bonchev–Trinajstić information content (AvgIpc) is 3.14. The molecule has 0 saturated carbocycles. The lowest BCUT2D eigenvalue weighted by atomic mass is 10.0. The van der Waals surface area contributed by atoms with E-state index in [1.54, 1.807) is 25.3 Å². The van der Waals surface area contributed by atoms with E-state index in [4.69, 9.17) is 0 Å². The molecule has 2 rings (SSSR count). The van der Waals surface area contributed by atoms with Crippen molar-refractivity contribution in [1.29, 1.82) is 0 Å². The van der Waals surface area contributed by atoms with Crippen molar-refractivity contribution in [3.63, 3.8) is 0 Å². The van der Waals surface area contributed by atoms with E-state index in [2.05, 4.69) is 14.8 Å². The Morgan fingerprint density at radius 1 is 1.19 bits per heavy atom. The number of carbonyl (C=O) groups is 1. The molecule has 0 saturated heterocycles. The lowest BCUT2D eigenvalue weighted by Crippen LogP contribution is -2.49. The van der Waals surface area contributed by atoms with Crippen LogP contribution in [-0.4, -0.2) is 27.0 Å². The summed E-state index contributed by atoms with van der Waals surface area (Å²) in [4.78, 5) is 12.5. The summed E-state index contributed by atoms with van der Waals surface area (Å²) in [5.41, 5.74) is 0.661. The number of amides is 1. The number of benzene rings is 1. The highest BCUT2D eigenvalue weighted by Gasteiger charge is 2.28. The van der Waals surface area contributed by atoms with Crippen LogP contribution in [0.3, 0.4) is 0 Å². The molecule has 1 aromatic heterocycles. The smallest absolute Gasteiger partial charge is 0.387 e. The summed E-state index contributed by atoms with van der Waals surface area (Å²) in [6, 6.07) is 7.95. The zero-order chi connectivity index (χ0) is 20.0. The number of hydrogen-bond acceptors (Lipinski definition) is 5. The van der Waals surface area contributed by atoms with Crippen molar-refractivity contribution in [2.75, 3.05) is 0 Å². The van der Waals surface area contributed by atoms with Crippen LogP contribution in [0.1, 0.15) is 19.4 Å². The summed E-state index contributed by atoms with van der Waals surface area (Å²) in [6.45, 7) is 0.686. The third-order valence-electron chi connectivity index (χ3n) is 3.61. The highest BCUT2D eigenvalue weighted by Crippen LogP contribution is 2.18. The Balaban J connectivity index is 1.99.